The van der Waals surface area contributed by atoms with Gasteiger partial charge >= 0.3 is 8.60 Å². The molecule has 24 heavy (non-hydrogen) atoms. The van der Waals surface area contributed by atoms with Crippen LogP contribution < -0.4 is 0 Å². The van der Waals surface area contributed by atoms with Crippen LogP contribution in [-0.4, -0.2) is 21.8 Å². The predicted octanol–water partition coefficient (Wildman–Crippen LogP) is 6.71. The number of rotatable bonds is 19. The summed E-state index contributed by atoms with van der Waals surface area (Å²) in [7, 11) is -2.29. The largest absolute Gasteiger partial charge is 0.328 e. The van der Waals surface area contributed by atoms with Crippen LogP contribution in [0.5, 0.6) is 0 Å². The fourth-order valence-electron chi connectivity index (χ4n) is 2.65. The van der Waals surface area contributed by atoms with E-state index in [0.717, 1.165) is 18.5 Å². The van der Waals surface area contributed by atoms with Gasteiger partial charge in [0.15, 0.2) is 0 Å². The molecule has 0 aromatic heterocycles. The Morgan fingerprint density at radius 1 is 0.750 bits per heavy atom. The number of hydrogen-bond donors (Lipinski definition) is 2. The molecule has 0 aliphatic carbocycles. The van der Waals surface area contributed by atoms with E-state index in [2.05, 4.69) is 6.92 Å². The van der Waals surface area contributed by atoms with Crippen LogP contribution in [0.4, 0.5) is 0 Å². The monoisotopic (exact) mass is 382 g/mol. The molecule has 146 valence electrons. The minimum absolute atomic E-state index is 0.335. The van der Waals surface area contributed by atoms with E-state index in [1.165, 1.54) is 83.5 Å². The van der Waals surface area contributed by atoms with E-state index in [9.17, 15) is 0 Å². The zero-order valence-corrected chi connectivity index (χ0v) is 17.5. The van der Waals surface area contributed by atoms with Gasteiger partial charge < -0.3 is 14.0 Å². The van der Waals surface area contributed by atoms with Gasteiger partial charge in [0.2, 0.25) is 0 Å². The van der Waals surface area contributed by atoms with Crippen molar-refractivity contribution in [3.8, 4) is 0 Å². The second kappa shape index (κ2) is 19.9. The van der Waals surface area contributed by atoms with E-state index in [4.69, 9.17) is 18.5 Å². The Balaban J connectivity index is 3.05. The Labute approximate surface area is 155 Å². The summed E-state index contributed by atoms with van der Waals surface area (Å²) in [6.07, 6.45) is 18.9. The van der Waals surface area contributed by atoms with Crippen LogP contribution in [-0.2, 0) is 8.71 Å². The first kappa shape index (κ1) is 24.6. The molecule has 0 bridgehead atoms. The Morgan fingerprint density at radius 2 is 1.17 bits per heavy atom. The summed E-state index contributed by atoms with van der Waals surface area (Å²) in [5.41, 5.74) is -0.335. The fourth-order valence-corrected chi connectivity index (χ4v) is 3.69. The maximum absolute atomic E-state index is 8.69. The lowest BCUT2D eigenvalue weighted by molar-refractivity contribution is 0.235. The Bertz CT molecular complexity index is 245. The van der Waals surface area contributed by atoms with Crippen LogP contribution in [0, 0.1) is 0 Å². The second-order valence-electron chi connectivity index (χ2n) is 6.44. The summed E-state index contributed by atoms with van der Waals surface area (Å²) in [5, 5.41) is 0. The van der Waals surface area contributed by atoms with Crippen molar-refractivity contribution in [2.45, 2.75) is 109 Å². The van der Waals surface area contributed by atoms with Crippen molar-refractivity contribution in [2.24, 2.45) is 0 Å². The summed E-state index contributed by atoms with van der Waals surface area (Å²) in [6.45, 7) is 4.72. The average Bonchev–Trinajstić information content (AvgIpc) is 2.53. The van der Waals surface area contributed by atoms with E-state index in [-0.39, 0.29) is 5.44 Å². The molecule has 0 radical (unpaired) electrons. The third-order valence-electron chi connectivity index (χ3n) is 4.03. The summed E-state index contributed by atoms with van der Waals surface area (Å²) in [6, 6.07) is 0. The van der Waals surface area contributed by atoms with E-state index in [1.54, 1.807) is 6.92 Å². The Morgan fingerprint density at radius 3 is 1.58 bits per heavy atom. The van der Waals surface area contributed by atoms with Gasteiger partial charge in [-0.15, -0.1) is 0 Å². The highest BCUT2D eigenvalue weighted by molar-refractivity contribution is 7.95. The lowest BCUT2D eigenvalue weighted by Crippen LogP contribution is -2.00. The maximum atomic E-state index is 8.69. The van der Waals surface area contributed by atoms with Gasteiger partial charge in [-0.05, 0) is 13.3 Å². The van der Waals surface area contributed by atoms with Crippen molar-refractivity contribution in [2.75, 3.05) is 6.61 Å². The van der Waals surface area contributed by atoms with Crippen LogP contribution in [0.25, 0.3) is 0 Å². The van der Waals surface area contributed by atoms with E-state index in [0.29, 0.717) is 6.61 Å². The maximum Gasteiger partial charge on any atom is 0.328 e. The van der Waals surface area contributed by atoms with Crippen LogP contribution in [0.2, 0.25) is 0 Å². The third kappa shape index (κ3) is 20.7. The smallest absolute Gasteiger partial charge is 0.328 e. The third-order valence-corrected chi connectivity index (χ3v) is 5.34. The van der Waals surface area contributed by atoms with Crippen molar-refractivity contribution in [1.82, 2.24) is 0 Å². The van der Waals surface area contributed by atoms with Gasteiger partial charge in [0, 0.05) is 12.0 Å². The van der Waals surface area contributed by atoms with Crippen LogP contribution in [0.15, 0.2) is 0 Å². The van der Waals surface area contributed by atoms with E-state index in [1.807, 2.05) is 0 Å². The highest BCUT2D eigenvalue weighted by Crippen LogP contribution is 2.31. The first-order valence-electron chi connectivity index (χ1n) is 9.79. The molecule has 0 heterocycles. The lowest BCUT2D eigenvalue weighted by Gasteiger charge is -2.11. The summed E-state index contributed by atoms with van der Waals surface area (Å²) < 4.78 is 10.2. The summed E-state index contributed by atoms with van der Waals surface area (Å²) >= 11 is 1.16. The topological polar surface area (TPSA) is 58.9 Å². The molecule has 0 saturated carbocycles. The molecule has 4 nitrogen and oxygen atoms in total. The van der Waals surface area contributed by atoms with Crippen molar-refractivity contribution >= 4 is 20.6 Å². The molecule has 0 rings (SSSR count). The van der Waals surface area contributed by atoms with Gasteiger partial charge in [0.1, 0.15) is 5.44 Å². The lowest BCUT2D eigenvalue weighted by atomic mass is 10.0. The van der Waals surface area contributed by atoms with Crippen molar-refractivity contribution < 1.29 is 18.5 Å². The number of hydrogen-bond acceptors (Lipinski definition) is 5. The molecule has 0 aliphatic rings. The Kier molecular flexibility index (Phi) is 20.5. The van der Waals surface area contributed by atoms with Gasteiger partial charge in [-0.1, -0.05) is 90.4 Å². The van der Waals surface area contributed by atoms with E-state index < -0.39 is 8.60 Å². The molecule has 1 atom stereocenters. The van der Waals surface area contributed by atoms with Gasteiger partial charge in [0.25, 0.3) is 0 Å². The zero-order valence-electron chi connectivity index (χ0n) is 15.8. The first-order valence-corrected chi connectivity index (χ1v) is 11.8. The molecule has 0 aromatic carbocycles. The zero-order chi connectivity index (χ0) is 17.9. The molecule has 0 saturated heterocycles. The molecule has 1 unspecified atom stereocenters. The van der Waals surface area contributed by atoms with Crippen LogP contribution in [0.3, 0.4) is 0 Å². The van der Waals surface area contributed by atoms with Gasteiger partial charge in [0.05, 0.1) is 6.61 Å². The molecule has 0 aromatic rings. The van der Waals surface area contributed by atoms with Crippen LogP contribution >= 0.6 is 20.6 Å². The molecule has 0 aliphatic heterocycles. The molecular formula is C18H39O4PS. The SMILES string of the molecule is CCCCCCCCCCCCCCCCOSC(C)OP(O)O. The second-order valence-corrected chi connectivity index (χ2v) is 8.25. The number of unbranched alkanes of at least 4 members (excludes halogenated alkanes) is 13. The molecule has 6 heteroatoms. The first-order chi connectivity index (χ1) is 11.7. The highest BCUT2D eigenvalue weighted by Gasteiger charge is 2.09. The predicted molar refractivity (Wildman–Crippen MR) is 106 cm³/mol. The summed E-state index contributed by atoms with van der Waals surface area (Å²) in [5.74, 6) is 0. The van der Waals surface area contributed by atoms with Crippen molar-refractivity contribution in [3.05, 3.63) is 0 Å². The minimum atomic E-state index is -2.29. The standard InChI is InChI=1S/C18H39O4PS/c1-3-4-5-6-7-8-9-10-11-12-13-14-15-16-17-21-24-18(2)22-23(19)20/h18-20H,3-17H2,1-2H3. The van der Waals surface area contributed by atoms with E-state index >= 15 is 0 Å². The normalized spacial score (nSPS) is 12.9. The molecule has 2 N–H and O–H groups in total. The van der Waals surface area contributed by atoms with Gasteiger partial charge in [-0.3, -0.25) is 4.52 Å². The molecule has 0 spiro atoms. The highest BCUT2D eigenvalue weighted by atomic mass is 32.2. The summed E-state index contributed by atoms with van der Waals surface area (Å²) in [4.78, 5) is 17.4. The fraction of sp³-hybridized carbons (Fsp3) is 1.00. The van der Waals surface area contributed by atoms with Gasteiger partial charge in [-0.2, -0.15) is 0 Å². The molecule has 0 fully saturated rings. The van der Waals surface area contributed by atoms with Gasteiger partial charge in [-0.25, -0.2) is 0 Å². The van der Waals surface area contributed by atoms with Crippen LogP contribution in [0.1, 0.15) is 104 Å². The van der Waals surface area contributed by atoms with Crippen molar-refractivity contribution in [1.29, 1.82) is 0 Å². The molecule has 0 amide bonds. The average molecular weight is 383 g/mol. The van der Waals surface area contributed by atoms with Crippen molar-refractivity contribution in [3.63, 3.8) is 0 Å². The quantitative estimate of drug-likeness (QED) is 0.113. The molecular weight excluding hydrogens is 343 g/mol. The Hall–Kier alpha value is 0.620. The minimum Gasteiger partial charge on any atom is -0.328 e.